The fourth-order valence-corrected chi connectivity index (χ4v) is 1.12. The molecule has 0 aliphatic heterocycles. The molecule has 0 spiro atoms. The molecule has 1 rings (SSSR count). The summed E-state index contributed by atoms with van der Waals surface area (Å²) in [6.45, 7) is 0. The number of amides is 1. The van der Waals surface area contributed by atoms with E-state index in [0.717, 1.165) is 12.1 Å². The molecule has 0 unspecified atom stereocenters. The molecule has 1 amide bonds. The van der Waals surface area contributed by atoms with Crippen LogP contribution in [0, 0.1) is 5.82 Å². The number of alkyl halides is 3. The van der Waals surface area contributed by atoms with Crippen molar-refractivity contribution in [1.82, 2.24) is 5.32 Å². The van der Waals surface area contributed by atoms with Gasteiger partial charge in [-0.15, -0.1) is 0 Å². The van der Waals surface area contributed by atoms with Gasteiger partial charge in [-0.2, -0.15) is 13.2 Å². The number of nitrogens with one attached hydrogen (secondary N) is 1. The molecule has 0 bridgehead atoms. The molecule has 1 aromatic rings. The molecule has 0 heterocycles. The molecule has 0 fully saturated rings. The first-order valence-corrected chi connectivity index (χ1v) is 4.61. The molecule has 0 aliphatic carbocycles. The molecular weight excluding hydrogens is 238 g/mol. The van der Waals surface area contributed by atoms with Gasteiger partial charge in [-0.05, 0) is 23.8 Å². The predicted molar refractivity (Wildman–Crippen MR) is 54.5 cm³/mol. The quantitative estimate of drug-likeness (QED) is 0.631. The Labute approximate surface area is 94.9 Å². The van der Waals surface area contributed by atoms with Crippen LogP contribution in [0.4, 0.5) is 17.6 Å². The van der Waals surface area contributed by atoms with Gasteiger partial charge in [-0.25, -0.2) is 4.39 Å². The lowest BCUT2D eigenvalue weighted by Gasteiger charge is -2.08. The van der Waals surface area contributed by atoms with Gasteiger partial charge in [0.15, 0.2) is 0 Å². The van der Waals surface area contributed by atoms with Gasteiger partial charge >= 0.3 is 6.18 Å². The number of likely N-dealkylation sites (N-methyl/N-ethyl adjacent to an activating group) is 1. The maximum absolute atomic E-state index is 12.9. The summed E-state index contributed by atoms with van der Waals surface area (Å²) in [6, 6.07) is 2.52. The van der Waals surface area contributed by atoms with Crippen LogP contribution in [-0.4, -0.2) is 13.0 Å². The SMILES string of the molecule is CNC(=O)C=Cc1ccc(F)c(C(F)(F)F)c1. The third-order valence-electron chi connectivity index (χ3n) is 1.97. The number of hydrogen-bond donors (Lipinski definition) is 1. The van der Waals surface area contributed by atoms with Gasteiger partial charge < -0.3 is 5.32 Å². The first kappa shape index (κ1) is 13.2. The van der Waals surface area contributed by atoms with Crippen LogP contribution in [0.15, 0.2) is 24.3 Å². The predicted octanol–water partition coefficient (Wildman–Crippen LogP) is 2.60. The van der Waals surface area contributed by atoms with Crippen LogP contribution in [0.2, 0.25) is 0 Å². The van der Waals surface area contributed by atoms with Crippen LogP contribution in [0.25, 0.3) is 6.08 Å². The normalized spacial score (nSPS) is 11.8. The molecule has 17 heavy (non-hydrogen) atoms. The Morgan fingerprint density at radius 1 is 1.35 bits per heavy atom. The standard InChI is InChI=1S/C11H9F4NO/c1-16-10(17)5-3-7-2-4-9(12)8(6-7)11(13,14)15/h2-6H,1H3,(H,16,17). The minimum atomic E-state index is -4.75. The minimum absolute atomic E-state index is 0.0994. The fourth-order valence-electron chi connectivity index (χ4n) is 1.12. The van der Waals surface area contributed by atoms with Gasteiger partial charge in [0.2, 0.25) is 5.91 Å². The highest BCUT2D eigenvalue weighted by molar-refractivity contribution is 5.91. The number of hydrogen-bond acceptors (Lipinski definition) is 1. The first-order valence-electron chi connectivity index (χ1n) is 4.61. The van der Waals surface area contributed by atoms with E-state index in [4.69, 9.17) is 0 Å². The lowest BCUT2D eigenvalue weighted by molar-refractivity contribution is -0.140. The average Bonchev–Trinajstić information content (AvgIpc) is 2.26. The van der Waals surface area contributed by atoms with Gasteiger partial charge in [0.05, 0.1) is 5.56 Å². The molecule has 2 nitrogen and oxygen atoms in total. The van der Waals surface area contributed by atoms with Crippen LogP contribution in [0.3, 0.4) is 0 Å². The topological polar surface area (TPSA) is 29.1 Å². The minimum Gasteiger partial charge on any atom is -0.356 e. The second-order valence-corrected chi connectivity index (χ2v) is 3.18. The van der Waals surface area contributed by atoms with Crippen LogP contribution >= 0.6 is 0 Å². The van der Waals surface area contributed by atoms with Crippen LogP contribution in [0.1, 0.15) is 11.1 Å². The van der Waals surface area contributed by atoms with Crippen molar-refractivity contribution in [3.63, 3.8) is 0 Å². The second-order valence-electron chi connectivity index (χ2n) is 3.18. The summed E-state index contributed by atoms with van der Waals surface area (Å²) in [5, 5.41) is 2.27. The summed E-state index contributed by atoms with van der Waals surface area (Å²) in [5.41, 5.74) is -1.25. The van der Waals surface area contributed by atoms with E-state index in [-0.39, 0.29) is 5.56 Å². The van der Waals surface area contributed by atoms with E-state index < -0.39 is 23.5 Å². The average molecular weight is 247 g/mol. The number of benzene rings is 1. The zero-order chi connectivity index (χ0) is 13.1. The van der Waals surface area contributed by atoms with Crippen molar-refractivity contribution in [3.05, 3.63) is 41.2 Å². The van der Waals surface area contributed by atoms with E-state index >= 15 is 0 Å². The molecule has 1 aromatic carbocycles. The Balaban J connectivity index is 3.05. The summed E-state index contributed by atoms with van der Waals surface area (Å²) < 4.78 is 50.0. The van der Waals surface area contributed by atoms with E-state index in [1.165, 1.54) is 13.1 Å². The maximum Gasteiger partial charge on any atom is 0.419 e. The number of halogens is 4. The van der Waals surface area contributed by atoms with E-state index in [9.17, 15) is 22.4 Å². The van der Waals surface area contributed by atoms with Crippen LogP contribution in [0.5, 0.6) is 0 Å². The lowest BCUT2D eigenvalue weighted by atomic mass is 10.1. The van der Waals surface area contributed by atoms with E-state index in [2.05, 4.69) is 5.32 Å². The van der Waals surface area contributed by atoms with Gasteiger partial charge in [0, 0.05) is 13.1 Å². The lowest BCUT2D eigenvalue weighted by Crippen LogP contribution is -2.13. The Kier molecular flexibility index (Phi) is 3.88. The maximum atomic E-state index is 12.9. The summed E-state index contributed by atoms with van der Waals surface area (Å²) in [6.07, 6.45) is -2.51. The van der Waals surface area contributed by atoms with Crippen molar-refractivity contribution in [1.29, 1.82) is 0 Å². The first-order chi connectivity index (χ1) is 7.84. The molecule has 0 saturated carbocycles. The van der Waals surface area contributed by atoms with Crippen molar-refractivity contribution in [3.8, 4) is 0 Å². The van der Waals surface area contributed by atoms with Crippen molar-refractivity contribution in [2.45, 2.75) is 6.18 Å². The Hall–Kier alpha value is -1.85. The van der Waals surface area contributed by atoms with Crippen molar-refractivity contribution in [2.24, 2.45) is 0 Å². The molecule has 0 saturated heterocycles. The molecular formula is C11H9F4NO. The third-order valence-corrected chi connectivity index (χ3v) is 1.97. The number of carbonyl (C=O) groups is 1. The van der Waals surface area contributed by atoms with Crippen molar-refractivity contribution >= 4 is 12.0 Å². The summed E-state index contributed by atoms with van der Waals surface area (Å²) >= 11 is 0. The summed E-state index contributed by atoms with van der Waals surface area (Å²) in [7, 11) is 1.39. The Bertz CT molecular complexity index is 451. The molecule has 92 valence electrons. The molecule has 0 aromatic heterocycles. The highest BCUT2D eigenvalue weighted by atomic mass is 19.4. The molecule has 6 heteroatoms. The van der Waals surface area contributed by atoms with Gasteiger partial charge in [-0.3, -0.25) is 4.79 Å². The summed E-state index contributed by atoms with van der Waals surface area (Å²) in [4.78, 5) is 10.8. The zero-order valence-corrected chi connectivity index (χ0v) is 8.81. The van der Waals surface area contributed by atoms with E-state index in [1.54, 1.807) is 0 Å². The largest absolute Gasteiger partial charge is 0.419 e. The van der Waals surface area contributed by atoms with Crippen LogP contribution < -0.4 is 5.32 Å². The zero-order valence-electron chi connectivity index (χ0n) is 8.81. The van der Waals surface area contributed by atoms with Gasteiger partial charge in [0.1, 0.15) is 5.82 Å². The highest BCUT2D eigenvalue weighted by Gasteiger charge is 2.33. The Morgan fingerprint density at radius 2 is 2.00 bits per heavy atom. The molecule has 0 atom stereocenters. The molecule has 0 aliphatic rings. The van der Waals surface area contributed by atoms with Crippen LogP contribution in [-0.2, 0) is 11.0 Å². The molecule has 1 N–H and O–H groups in total. The Morgan fingerprint density at radius 3 is 2.53 bits per heavy atom. The summed E-state index contributed by atoms with van der Waals surface area (Å²) in [5.74, 6) is -1.79. The van der Waals surface area contributed by atoms with Gasteiger partial charge in [-0.1, -0.05) is 6.07 Å². The van der Waals surface area contributed by atoms with Crippen molar-refractivity contribution in [2.75, 3.05) is 7.05 Å². The third kappa shape index (κ3) is 3.58. The number of rotatable bonds is 2. The second kappa shape index (κ2) is 4.99. The van der Waals surface area contributed by atoms with E-state index in [1.807, 2.05) is 0 Å². The monoisotopic (exact) mass is 247 g/mol. The van der Waals surface area contributed by atoms with Gasteiger partial charge in [0.25, 0.3) is 0 Å². The molecule has 0 radical (unpaired) electrons. The highest BCUT2D eigenvalue weighted by Crippen LogP contribution is 2.32. The smallest absolute Gasteiger partial charge is 0.356 e. The van der Waals surface area contributed by atoms with E-state index in [0.29, 0.717) is 12.1 Å². The fraction of sp³-hybridized carbons (Fsp3) is 0.182. The van der Waals surface area contributed by atoms with Crippen molar-refractivity contribution < 1.29 is 22.4 Å². The number of carbonyl (C=O) groups excluding carboxylic acids is 1.